The van der Waals surface area contributed by atoms with E-state index in [9.17, 15) is 19.0 Å². The average Bonchev–Trinajstić information content (AvgIpc) is 3.61. The van der Waals surface area contributed by atoms with Crippen LogP contribution in [0.25, 0.3) is 0 Å². The van der Waals surface area contributed by atoms with Crippen LogP contribution in [0.4, 0.5) is 0 Å². The Balaban J connectivity index is 4.16. The average molecular weight is 1180 g/mol. The minimum absolute atomic E-state index is 0.0447. The Morgan fingerprint density at radius 1 is 0.369 bits per heavy atom. The van der Waals surface area contributed by atoms with Gasteiger partial charge in [0, 0.05) is 12.8 Å². The van der Waals surface area contributed by atoms with E-state index in [1.165, 1.54) is 51.4 Å². The lowest BCUT2D eigenvalue weighted by Crippen LogP contribution is -2.37. The summed E-state index contributed by atoms with van der Waals surface area (Å²) < 4.78 is 34.2. The summed E-state index contributed by atoms with van der Waals surface area (Å²) in [5.74, 6) is -0.876. The third-order valence-electron chi connectivity index (χ3n) is 13.2. The molecule has 0 aliphatic rings. The molecule has 0 fully saturated rings. The Labute approximate surface area is 515 Å². The maximum absolute atomic E-state index is 12.8. The molecule has 0 aliphatic heterocycles. The van der Waals surface area contributed by atoms with Crippen LogP contribution >= 0.6 is 7.82 Å². The van der Waals surface area contributed by atoms with Crippen molar-refractivity contribution in [3.05, 3.63) is 170 Å². The van der Waals surface area contributed by atoms with Gasteiger partial charge in [-0.15, -0.1) is 0 Å². The first-order valence-electron chi connectivity index (χ1n) is 32.8. The van der Waals surface area contributed by atoms with Gasteiger partial charge < -0.3 is 27.9 Å². The molecular formula is C74H120NO8P. The second-order valence-electron chi connectivity index (χ2n) is 22.4. The van der Waals surface area contributed by atoms with E-state index >= 15 is 0 Å². The molecule has 0 aliphatic carbocycles. The SMILES string of the molecule is CC/C=C\C/C=C\C/C=C\C/C=C\C/C=C\C/C=C\C/C=C\C/C=C\CCCCCCCCCCCCCCC(=O)OC(COC(=O)CCCCCC/C=C\C/C=C\C/C=C\C/C=C\C/C=C\C/C=C\CC)COP(=O)([O-])OCC[N+](C)(C)C. The topological polar surface area (TPSA) is 111 Å². The van der Waals surface area contributed by atoms with Gasteiger partial charge in [0.2, 0.25) is 0 Å². The minimum Gasteiger partial charge on any atom is -0.756 e. The maximum Gasteiger partial charge on any atom is 0.306 e. The molecule has 2 atom stereocenters. The van der Waals surface area contributed by atoms with Gasteiger partial charge in [0.25, 0.3) is 7.82 Å². The van der Waals surface area contributed by atoms with Crippen LogP contribution in [0.15, 0.2) is 170 Å². The quantitative estimate of drug-likeness (QED) is 0.0195. The lowest BCUT2D eigenvalue weighted by Gasteiger charge is -2.28. The van der Waals surface area contributed by atoms with Gasteiger partial charge in [-0.1, -0.05) is 261 Å². The number of quaternary nitrogens is 1. The van der Waals surface area contributed by atoms with Crippen molar-refractivity contribution in [2.75, 3.05) is 47.5 Å². The molecule has 84 heavy (non-hydrogen) atoms. The van der Waals surface area contributed by atoms with Crippen molar-refractivity contribution >= 4 is 19.8 Å². The zero-order chi connectivity index (χ0) is 61.2. The Morgan fingerprint density at radius 2 is 0.643 bits per heavy atom. The number of phosphoric ester groups is 1. The van der Waals surface area contributed by atoms with Gasteiger partial charge >= 0.3 is 11.9 Å². The highest BCUT2D eigenvalue weighted by atomic mass is 31.2. The molecule has 2 unspecified atom stereocenters. The fourth-order valence-electron chi connectivity index (χ4n) is 8.26. The highest BCUT2D eigenvalue weighted by molar-refractivity contribution is 7.45. The molecule has 10 heteroatoms. The number of rotatable bonds is 58. The van der Waals surface area contributed by atoms with Crippen molar-refractivity contribution in [2.45, 2.75) is 238 Å². The minimum atomic E-state index is -4.66. The van der Waals surface area contributed by atoms with E-state index in [0.29, 0.717) is 23.9 Å². The first-order chi connectivity index (χ1) is 41.0. The van der Waals surface area contributed by atoms with Crippen molar-refractivity contribution in [1.82, 2.24) is 0 Å². The number of hydrogen-bond acceptors (Lipinski definition) is 8. The number of phosphoric acid groups is 1. The largest absolute Gasteiger partial charge is 0.756 e. The Morgan fingerprint density at radius 3 is 0.952 bits per heavy atom. The fraction of sp³-hybridized carbons (Fsp3) is 0.595. The standard InChI is InChI=1S/C74H120NO8P/c1-6-8-10-12-14-16-18-20-22-24-26-28-30-31-32-33-34-35-36-37-38-39-40-41-42-43-45-47-49-51-53-55-57-59-61-63-65-67-74(77)83-72(71-82-84(78,79)81-69-68-75(3,4)5)70-80-73(76)66-64-62-60-58-56-54-52-50-48-46-44-29-27-25-23-21-19-17-15-13-11-9-7-2/h8-11,14-17,20-23,26-29,31-32,34-35,37-38,40-41,46,48,52,54,72H,6-7,12-13,18-19,24-25,30,33,36,39,42-45,47,49-51,53,55-71H2,1-5H3/b10-8-,11-9-,16-14-,17-15-,22-20-,23-21-,28-26-,29-27-,32-31-,35-34-,38-37-,41-40-,48-46-,54-52-. The molecule has 0 aromatic carbocycles. The van der Waals surface area contributed by atoms with Crippen LogP contribution in [-0.2, 0) is 32.7 Å². The summed E-state index contributed by atoms with van der Waals surface area (Å²) >= 11 is 0. The summed E-state index contributed by atoms with van der Waals surface area (Å²) in [6, 6.07) is 0. The van der Waals surface area contributed by atoms with Crippen molar-refractivity contribution in [2.24, 2.45) is 0 Å². The van der Waals surface area contributed by atoms with Gasteiger partial charge in [-0.25, -0.2) is 0 Å². The summed E-state index contributed by atoms with van der Waals surface area (Å²) in [5, 5.41) is 0. The van der Waals surface area contributed by atoms with Gasteiger partial charge in [-0.2, -0.15) is 0 Å². The first-order valence-corrected chi connectivity index (χ1v) is 34.3. The van der Waals surface area contributed by atoms with E-state index in [4.69, 9.17) is 18.5 Å². The Bertz CT molecular complexity index is 2020. The molecule has 0 spiro atoms. The van der Waals surface area contributed by atoms with E-state index < -0.39 is 32.5 Å². The number of unbranched alkanes of at least 4 members (excludes halogenated alkanes) is 16. The third kappa shape index (κ3) is 66.5. The summed E-state index contributed by atoms with van der Waals surface area (Å²) in [7, 11) is 1.13. The number of likely N-dealkylation sites (N-methyl/N-ethyl adjacent to an activating group) is 1. The Kier molecular flexibility index (Phi) is 59.4. The normalized spacial score (nSPS) is 14.3. The van der Waals surface area contributed by atoms with Crippen LogP contribution in [0, 0.1) is 0 Å². The molecule has 474 valence electrons. The molecule has 0 rings (SSSR count). The van der Waals surface area contributed by atoms with Crippen LogP contribution in [0.5, 0.6) is 0 Å². The van der Waals surface area contributed by atoms with Crippen LogP contribution in [0.3, 0.4) is 0 Å². The second kappa shape index (κ2) is 62.9. The number of nitrogens with zero attached hydrogens (tertiary/aromatic N) is 1. The van der Waals surface area contributed by atoms with Gasteiger partial charge in [-0.05, 0) is 128 Å². The van der Waals surface area contributed by atoms with Crippen molar-refractivity contribution < 1.29 is 42.1 Å². The number of esters is 2. The lowest BCUT2D eigenvalue weighted by atomic mass is 10.0. The lowest BCUT2D eigenvalue weighted by molar-refractivity contribution is -0.870. The van der Waals surface area contributed by atoms with Gasteiger partial charge in [0.05, 0.1) is 27.7 Å². The van der Waals surface area contributed by atoms with Gasteiger partial charge in [0.15, 0.2) is 6.10 Å². The summed E-state index contributed by atoms with van der Waals surface area (Å²) in [6.07, 6.45) is 95.6. The summed E-state index contributed by atoms with van der Waals surface area (Å²) in [4.78, 5) is 38.0. The molecule has 0 N–H and O–H groups in total. The van der Waals surface area contributed by atoms with E-state index in [1.807, 2.05) is 21.1 Å². The van der Waals surface area contributed by atoms with E-state index in [-0.39, 0.29) is 26.1 Å². The summed E-state index contributed by atoms with van der Waals surface area (Å²) in [6.45, 7) is 3.96. The molecule has 0 aromatic heterocycles. The van der Waals surface area contributed by atoms with Crippen LogP contribution in [0.2, 0.25) is 0 Å². The van der Waals surface area contributed by atoms with Crippen LogP contribution in [0.1, 0.15) is 232 Å². The van der Waals surface area contributed by atoms with E-state index in [1.54, 1.807) is 0 Å². The zero-order valence-corrected chi connectivity index (χ0v) is 54.7. The molecule has 0 saturated carbocycles. The van der Waals surface area contributed by atoms with Gasteiger partial charge in [-0.3, -0.25) is 14.2 Å². The van der Waals surface area contributed by atoms with Crippen molar-refractivity contribution in [1.29, 1.82) is 0 Å². The molecule has 0 aromatic rings. The zero-order valence-electron chi connectivity index (χ0n) is 53.8. The molecule has 0 amide bonds. The van der Waals surface area contributed by atoms with Gasteiger partial charge in [0.1, 0.15) is 19.8 Å². The first kappa shape index (κ1) is 79.4. The highest BCUT2D eigenvalue weighted by Gasteiger charge is 2.22. The van der Waals surface area contributed by atoms with Crippen LogP contribution in [-0.4, -0.2) is 70.0 Å². The second-order valence-corrected chi connectivity index (χ2v) is 23.8. The highest BCUT2D eigenvalue weighted by Crippen LogP contribution is 2.38. The maximum atomic E-state index is 12.8. The monoisotopic (exact) mass is 1180 g/mol. The van der Waals surface area contributed by atoms with E-state index in [0.717, 1.165) is 141 Å². The van der Waals surface area contributed by atoms with Crippen molar-refractivity contribution in [3.8, 4) is 0 Å². The number of allylic oxidation sites excluding steroid dienone is 28. The molecule has 0 bridgehead atoms. The predicted molar refractivity (Wildman–Crippen MR) is 360 cm³/mol. The molecule has 0 saturated heterocycles. The van der Waals surface area contributed by atoms with Crippen LogP contribution < -0.4 is 4.89 Å². The number of ether oxygens (including phenoxy) is 2. The number of hydrogen-bond donors (Lipinski definition) is 0. The molecule has 0 radical (unpaired) electrons. The van der Waals surface area contributed by atoms with Crippen molar-refractivity contribution in [3.63, 3.8) is 0 Å². The molecule has 0 heterocycles. The Hall–Kier alpha value is -4.63. The number of carbonyl (C=O) groups is 2. The molecule has 9 nitrogen and oxygen atoms in total. The molecular weight excluding hydrogens is 1060 g/mol. The van der Waals surface area contributed by atoms with E-state index in [2.05, 4.69) is 184 Å². The number of carbonyl (C=O) groups excluding carboxylic acids is 2. The predicted octanol–water partition coefficient (Wildman–Crippen LogP) is 20.7. The summed E-state index contributed by atoms with van der Waals surface area (Å²) in [5.41, 5.74) is 0. The fourth-order valence-corrected chi connectivity index (χ4v) is 8.99. The smallest absolute Gasteiger partial charge is 0.306 e. The third-order valence-corrected chi connectivity index (χ3v) is 14.2.